The maximum atomic E-state index is 14.2. The third-order valence-corrected chi connectivity index (χ3v) is 5.00. The molecule has 8 nitrogen and oxygen atoms in total. The molecule has 1 unspecified atom stereocenters. The van der Waals surface area contributed by atoms with Crippen LogP contribution in [0.5, 0.6) is 0 Å². The Balaban J connectivity index is 1.68. The van der Waals surface area contributed by atoms with Crippen LogP contribution in [-0.4, -0.2) is 43.2 Å². The lowest BCUT2D eigenvalue weighted by molar-refractivity contribution is -0.176. The maximum Gasteiger partial charge on any atom is 0.407 e. The SMILES string of the molecule is CC(N)(CNc1nc(-c2cc(-c3ccon3)n(Cc3ccccc3F)n2)ncc1F)C(F)(F)F. The minimum atomic E-state index is -4.72. The zero-order chi connectivity index (χ0) is 24.5. The molecule has 1 atom stereocenters. The van der Waals surface area contributed by atoms with Crippen LogP contribution < -0.4 is 11.1 Å². The fourth-order valence-corrected chi connectivity index (χ4v) is 2.97. The summed E-state index contributed by atoms with van der Waals surface area (Å²) in [5.41, 5.74) is 3.99. The van der Waals surface area contributed by atoms with E-state index in [-0.39, 0.29) is 18.1 Å². The molecule has 0 radical (unpaired) electrons. The third-order valence-electron chi connectivity index (χ3n) is 5.00. The number of nitrogens with zero attached hydrogens (tertiary/aromatic N) is 5. The Labute approximate surface area is 189 Å². The van der Waals surface area contributed by atoms with Crippen molar-refractivity contribution < 1.29 is 26.5 Å². The van der Waals surface area contributed by atoms with E-state index in [2.05, 4.69) is 25.5 Å². The number of nitrogens with two attached hydrogens (primary N) is 1. The molecule has 0 aliphatic carbocycles. The highest BCUT2D eigenvalue weighted by molar-refractivity contribution is 5.63. The molecule has 3 heterocycles. The minimum absolute atomic E-state index is 0.0261. The number of hydrogen-bond acceptors (Lipinski definition) is 7. The van der Waals surface area contributed by atoms with Crippen molar-refractivity contribution in [2.24, 2.45) is 5.73 Å². The number of hydrogen-bond donors (Lipinski definition) is 2. The lowest BCUT2D eigenvalue weighted by Gasteiger charge is -2.27. The molecule has 1 aromatic carbocycles. The van der Waals surface area contributed by atoms with Crippen molar-refractivity contribution in [1.82, 2.24) is 24.9 Å². The van der Waals surface area contributed by atoms with E-state index in [1.54, 1.807) is 24.3 Å². The molecular weight excluding hydrogens is 461 g/mol. The van der Waals surface area contributed by atoms with Gasteiger partial charge in [0, 0.05) is 18.2 Å². The van der Waals surface area contributed by atoms with Gasteiger partial charge in [0.1, 0.15) is 29.0 Å². The van der Waals surface area contributed by atoms with Crippen LogP contribution in [0, 0.1) is 11.6 Å². The van der Waals surface area contributed by atoms with Gasteiger partial charge in [-0.1, -0.05) is 23.4 Å². The van der Waals surface area contributed by atoms with Crippen molar-refractivity contribution in [3.63, 3.8) is 0 Å². The van der Waals surface area contributed by atoms with E-state index in [1.807, 2.05) is 0 Å². The molecule has 178 valence electrons. The number of anilines is 1. The average Bonchev–Trinajstić information content (AvgIpc) is 3.44. The summed E-state index contributed by atoms with van der Waals surface area (Å²) in [4.78, 5) is 7.86. The molecule has 0 bridgehead atoms. The van der Waals surface area contributed by atoms with Crippen LogP contribution in [0.25, 0.3) is 22.9 Å². The first-order valence-corrected chi connectivity index (χ1v) is 9.89. The van der Waals surface area contributed by atoms with Gasteiger partial charge in [0.2, 0.25) is 0 Å². The summed E-state index contributed by atoms with van der Waals surface area (Å²) in [6.07, 6.45) is -2.57. The van der Waals surface area contributed by atoms with E-state index < -0.39 is 35.7 Å². The van der Waals surface area contributed by atoms with Gasteiger partial charge in [-0.25, -0.2) is 18.7 Å². The van der Waals surface area contributed by atoms with Crippen LogP contribution in [0.1, 0.15) is 12.5 Å². The van der Waals surface area contributed by atoms with E-state index >= 15 is 0 Å². The number of aromatic nitrogens is 5. The molecule has 0 amide bonds. The summed E-state index contributed by atoms with van der Waals surface area (Å²) in [7, 11) is 0. The second-order valence-corrected chi connectivity index (χ2v) is 7.71. The molecule has 3 aromatic heterocycles. The second-order valence-electron chi connectivity index (χ2n) is 7.71. The lowest BCUT2D eigenvalue weighted by Crippen LogP contribution is -2.55. The highest BCUT2D eigenvalue weighted by Crippen LogP contribution is 2.29. The lowest BCUT2D eigenvalue weighted by atomic mass is 10.0. The molecule has 4 aromatic rings. The van der Waals surface area contributed by atoms with Gasteiger partial charge in [-0.15, -0.1) is 0 Å². The van der Waals surface area contributed by atoms with Gasteiger partial charge in [-0.05, 0) is 19.1 Å². The Morgan fingerprint density at radius 1 is 1.09 bits per heavy atom. The Morgan fingerprint density at radius 2 is 1.85 bits per heavy atom. The van der Waals surface area contributed by atoms with E-state index in [9.17, 15) is 22.0 Å². The predicted molar refractivity (Wildman–Crippen MR) is 111 cm³/mol. The standard InChI is InChI=1S/C21H18F5N7O/c1-20(27,21(24,25)26)11-29-18-14(23)9-28-19(30-18)16-8-17(15-6-7-34-32-15)33(31-16)10-12-4-2-3-5-13(12)22/h2-9H,10-11,27H2,1H3,(H,28,29,30). The van der Waals surface area contributed by atoms with E-state index in [4.69, 9.17) is 10.3 Å². The third kappa shape index (κ3) is 4.73. The van der Waals surface area contributed by atoms with Gasteiger partial charge < -0.3 is 15.6 Å². The molecule has 13 heteroatoms. The molecule has 0 saturated heterocycles. The van der Waals surface area contributed by atoms with Gasteiger partial charge in [-0.2, -0.15) is 18.3 Å². The molecule has 0 fully saturated rings. The first kappa shape index (κ1) is 23.3. The highest BCUT2D eigenvalue weighted by atomic mass is 19.4. The number of rotatable bonds is 7. The zero-order valence-electron chi connectivity index (χ0n) is 17.6. The summed E-state index contributed by atoms with van der Waals surface area (Å²) in [6, 6.07) is 9.21. The Morgan fingerprint density at radius 3 is 2.53 bits per heavy atom. The van der Waals surface area contributed by atoms with Crippen LogP contribution in [0.2, 0.25) is 0 Å². The van der Waals surface area contributed by atoms with Gasteiger partial charge in [0.25, 0.3) is 0 Å². The molecule has 0 spiro atoms. The largest absolute Gasteiger partial charge is 0.407 e. The van der Waals surface area contributed by atoms with Gasteiger partial charge >= 0.3 is 6.18 Å². The van der Waals surface area contributed by atoms with E-state index in [0.29, 0.717) is 17.0 Å². The zero-order valence-corrected chi connectivity index (χ0v) is 17.6. The van der Waals surface area contributed by atoms with Gasteiger partial charge in [-0.3, -0.25) is 4.68 Å². The van der Waals surface area contributed by atoms with Gasteiger partial charge in [0.15, 0.2) is 17.5 Å². The molecular formula is C21H18F5N7O. The summed E-state index contributed by atoms with van der Waals surface area (Å²) >= 11 is 0. The van der Waals surface area contributed by atoms with Crippen LogP contribution in [0.15, 0.2) is 53.4 Å². The van der Waals surface area contributed by atoms with Gasteiger partial charge in [0.05, 0.1) is 18.4 Å². The first-order chi connectivity index (χ1) is 16.0. The Kier molecular flexibility index (Phi) is 6.04. The summed E-state index contributed by atoms with van der Waals surface area (Å²) in [5.74, 6) is -1.96. The molecule has 0 aliphatic rings. The first-order valence-electron chi connectivity index (χ1n) is 9.89. The quantitative estimate of drug-likeness (QED) is 0.386. The molecule has 34 heavy (non-hydrogen) atoms. The number of halogens is 5. The van der Waals surface area contributed by atoms with Crippen molar-refractivity contribution in [3.05, 3.63) is 66.1 Å². The Hall–Kier alpha value is -3.87. The number of alkyl halides is 3. The fraction of sp³-hybridized carbons (Fsp3) is 0.238. The predicted octanol–water partition coefficient (Wildman–Crippen LogP) is 4.01. The monoisotopic (exact) mass is 479 g/mol. The second kappa shape index (κ2) is 8.82. The topological polar surface area (TPSA) is 108 Å². The normalized spacial score (nSPS) is 13.6. The fourth-order valence-electron chi connectivity index (χ4n) is 2.97. The van der Waals surface area contributed by atoms with Crippen molar-refractivity contribution in [1.29, 1.82) is 0 Å². The maximum absolute atomic E-state index is 14.2. The van der Waals surface area contributed by atoms with Crippen LogP contribution in [-0.2, 0) is 6.54 Å². The van der Waals surface area contributed by atoms with Crippen LogP contribution >= 0.6 is 0 Å². The summed E-state index contributed by atoms with van der Waals surface area (Å²) < 4.78 is 73.8. The summed E-state index contributed by atoms with van der Waals surface area (Å²) in [5, 5.41) is 10.5. The van der Waals surface area contributed by atoms with E-state index in [0.717, 1.165) is 13.1 Å². The smallest absolute Gasteiger partial charge is 0.365 e. The highest BCUT2D eigenvalue weighted by Gasteiger charge is 2.48. The molecule has 0 aliphatic heterocycles. The summed E-state index contributed by atoms with van der Waals surface area (Å²) in [6.45, 7) is -0.0252. The minimum Gasteiger partial charge on any atom is -0.365 e. The molecule has 4 rings (SSSR count). The molecule has 0 saturated carbocycles. The van der Waals surface area contributed by atoms with Crippen molar-refractivity contribution in [3.8, 4) is 22.9 Å². The number of nitrogens with one attached hydrogen (secondary N) is 1. The number of benzene rings is 1. The van der Waals surface area contributed by atoms with Crippen molar-refractivity contribution >= 4 is 5.82 Å². The van der Waals surface area contributed by atoms with Crippen LogP contribution in [0.4, 0.5) is 27.8 Å². The van der Waals surface area contributed by atoms with Crippen LogP contribution in [0.3, 0.4) is 0 Å². The Bertz CT molecular complexity index is 1290. The molecule has 3 N–H and O–H groups in total. The van der Waals surface area contributed by atoms with E-state index in [1.165, 1.54) is 23.1 Å². The van der Waals surface area contributed by atoms with Crippen molar-refractivity contribution in [2.45, 2.75) is 25.2 Å². The average molecular weight is 479 g/mol. The van der Waals surface area contributed by atoms with Crippen molar-refractivity contribution in [2.75, 3.05) is 11.9 Å².